The fraction of sp³-hybridized carbons (Fsp3) is 0.368. The predicted molar refractivity (Wildman–Crippen MR) is 109 cm³/mol. The van der Waals surface area contributed by atoms with E-state index in [1.807, 2.05) is 49.4 Å². The summed E-state index contributed by atoms with van der Waals surface area (Å²) in [6, 6.07) is 13.8. The van der Waals surface area contributed by atoms with Crippen molar-refractivity contribution in [3.8, 4) is 0 Å². The smallest absolute Gasteiger partial charge is 0.261 e. The summed E-state index contributed by atoms with van der Waals surface area (Å²) >= 11 is 3.09. The molecule has 2 atom stereocenters. The van der Waals surface area contributed by atoms with Crippen LogP contribution in [0.4, 0.5) is 0 Å². The highest BCUT2D eigenvalue weighted by atomic mass is 32.2. The van der Waals surface area contributed by atoms with E-state index in [1.54, 1.807) is 11.8 Å². The number of thioether (sulfide) groups is 1. The van der Waals surface area contributed by atoms with Crippen LogP contribution < -0.4 is 11.1 Å². The van der Waals surface area contributed by atoms with E-state index in [2.05, 4.69) is 17.2 Å². The molecule has 1 unspecified atom stereocenters. The number of benzene rings is 1. The summed E-state index contributed by atoms with van der Waals surface area (Å²) in [6.45, 7) is 4.08. The number of carbonyl (C=O) groups excluding carboxylic acids is 1. The average molecular weight is 376 g/mol. The molecular formula is C19H25N3OS2. The molecule has 1 aliphatic heterocycles. The highest BCUT2D eigenvalue weighted by Crippen LogP contribution is 2.38. The lowest BCUT2D eigenvalue weighted by molar-refractivity contribution is 0.0944. The molecule has 0 radical (unpaired) electrons. The minimum Gasteiger partial charge on any atom is -0.379 e. The van der Waals surface area contributed by atoms with Crippen molar-refractivity contribution in [1.29, 1.82) is 0 Å². The third-order valence-electron chi connectivity index (χ3n) is 4.20. The van der Waals surface area contributed by atoms with Crippen LogP contribution in [0.1, 0.15) is 53.8 Å². The molecule has 0 bridgehead atoms. The van der Waals surface area contributed by atoms with Crippen LogP contribution in [-0.4, -0.2) is 16.8 Å². The summed E-state index contributed by atoms with van der Waals surface area (Å²) < 4.78 is 0. The van der Waals surface area contributed by atoms with Gasteiger partial charge in [-0.15, -0.1) is 11.3 Å². The Morgan fingerprint density at radius 2 is 2.00 bits per heavy atom. The topological polar surface area (TPSA) is 67.5 Å². The molecule has 2 heterocycles. The van der Waals surface area contributed by atoms with Crippen LogP contribution in [0.5, 0.6) is 0 Å². The summed E-state index contributed by atoms with van der Waals surface area (Å²) in [5.74, 6) is 0.907. The Balaban J connectivity index is 0.00000225. The number of carbonyl (C=O) groups is 1. The van der Waals surface area contributed by atoms with Crippen molar-refractivity contribution >= 4 is 34.2 Å². The van der Waals surface area contributed by atoms with Crippen LogP contribution in [0, 0.1) is 0 Å². The van der Waals surface area contributed by atoms with Crippen molar-refractivity contribution in [2.75, 3.05) is 5.75 Å². The Labute approximate surface area is 157 Å². The van der Waals surface area contributed by atoms with Crippen LogP contribution in [-0.2, 0) is 5.54 Å². The zero-order valence-corrected chi connectivity index (χ0v) is 15.4. The monoisotopic (exact) mass is 375 g/mol. The first-order valence-corrected chi connectivity index (χ1v) is 9.72. The van der Waals surface area contributed by atoms with E-state index >= 15 is 0 Å². The number of nitrogens with two attached hydrogens (primary N) is 1. The minimum atomic E-state index is -0.316. The highest BCUT2D eigenvalue weighted by molar-refractivity contribution is 8.13. The summed E-state index contributed by atoms with van der Waals surface area (Å²) in [4.78, 5) is 18.9. The van der Waals surface area contributed by atoms with E-state index in [1.165, 1.54) is 11.3 Å². The van der Waals surface area contributed by atoms with E-state index in [0.29, 0.717) is 10.0 Å². The molecule has 0 saturated heterocycles. The Kier molecular flexibility index (Phi) is 6.30. The molecule has 3 N–H and O–H groups in total. The number of amidine groups is 1. The van der Waals surface area contributed by atoms with E-state index in [4.69, 9.17) is 5.73 Å². The molecule has 2 aromatic rings. The maximum absolute atomic E-state index is 12.5. The van der Waals surface area contributed by atoms with Crippen LogP contribution in [0.3, 0.4) is 0 Å². The quantitative estimate of drug-likeness (QED) is 0.824. The largest absolute Gasteiger partial charge is 0.379 e. The summed E-state index contributed by atoms with van der Waals surface area (Å²) in [6.07, 6.45) is 0.931. The summed E-state index contributed by atoms with van der Waals surface area (Å²) in [5.41, 5.74) is 6.66. The first-order valence-electron chi connectivity index (χ1n) is 7.92. The second kappa shape index (κ2) is 8.06. The molecule has 1 amide bonds. The molecule has 3 rings (SSSR count). The lowest BCUT2D eigenvalue weighted by atomic mass is 9.98. The lowest BCUT2D eigenvalue weighted by Crippen LogP contribution is -2.28. The first-order chi connectivity index (χ1) is 11.5. The Hall–Kier alpha value is -1.79. The van der Waals surface area contributed by atoms with Crippen molar-refractivity contribution in [3.05, 3.63) is 57.8 Å². The van der Waals surface area contributed by atoms with Crippen molar-refractivity contribution in [1.82, 2.24) is 5.32 Å². The maximum Gasteiger partial charge on any atom is 0.261 e. The number of aliphatic imine (C=N–C) groups is 1. The molecule has 25 heavy (non-hydrogen) atoms. The molecule has 1 aliphatic rings. The number of hydrogen-bond donors (Lipinski definition) is 2. The molecule has 134 valence electrons. The zero-order valence-electron chi connectivity index (χ0n) is 13.8. The van der Waals surface area contributed by atoms with E-state index in [9.17, 15) is 4.79 Å². The Bertz CT molecular complexity index is 757. The number of nitrogens with zero attached hydrogens (tertiary/aromatic N) is 1. The van der Waals surface area contributed by atoms with Crippen LogP contribution in [0.15, 0.2) is 47.5 Å². The SMILES string of the molecule is C.C[C@@H](NC(=O)c1ccc(C2(C)CCSC(N)=N2)s1)c1ccccc1. The first kappa shape index (κ1) is 19.5. The van der Waals surface area contributed by atoms with Gasteiger partial charge in [-0.25, -0.2) is 0 Å². The second-order valence-electron chi connectivity index (χ2n) is 6.09. The van der Waals surface area contributed by atoms with Gasteiger partial charge >= 0.3 is 0 Å². The molecule has 4 nitrogen and oxygen atoms in total. The molecule has 0 fully saturated rings. The third kappa shape index (κ3) is 4.44. The zero-order chi connectivity index (χ0) is 17.2. The van der Waals surface area contributed by atoms with E-state index < -0.39 is 0 Å². The second-order valence-corrected chi connectivity index (χ2v) is 8.29. The van der Waals surface area contributed by atoms with Crippen molar-refractivity contribution < 1.29 is 4.79 Å². The number of rotatable bonds is 4. The van der Waals surface area contributed by atoms with Gasteiger partial charge in [0.25, 0.3) is 5.91 Å². The van der Waals surface area contributed by atoms with Gasteiger partial charge in [0, 0.05) is 10.6 Å². The minimum absolute atomic E-state index is 0. The summed E-state index contributed by atoms with van der Waals surface area (Å²) in [7, 11) is 0. The number of amides is 1. The van der Waals surface area contributed by atoms with E-state index in [-0.39, 0.29) is 24.9 Å². The predicted octanol–water partition coefficient (Wildman–Crippen LogP) is 4.54. The fourth-order valence-electron chi connectivity index (χ4n) is 2.71. The molecular weight excluding hydrogens is 350 g/mol. The van der Waals surface area contributed by atoms with Gasteiger partial charge in [-0.2, -0.15) is 0 Å². The maximum atomic E-state index is 12.5. The van der Waals surface area contributed by atoms with Crippen LogP contribution in [0.25, 0.3) is 0 Å². The third-order valence-corrected chi connectivity index (χ3v) is 6.34. The standard InChI is InChI=1S/C18H21N3OS2.CH4/c1-12(13-6-4-3-5-7-13)20-16(22)14-8-9-15(24-14)18(2)10-11-23-17(19)21-18;/h3-9,12H,10-11H2,1-2H3,(H2,19,21)(H,20,22);1H4/t12-,18?;/m1./s1. The number of thiophene rings is 1. The van der Waals surface area contributed by atoms with Gasteiger partial charge < -0.3 is 11.1 Å². The summed E-state index contributed by atoms with van der Waals surface area (Å²) in [5, 5.41) is 3.68. The number of nitrogens with one attached hydrogen (secondary N) is 1. The van der Waals surface area contributed by atoms with E-state index in [0.717, 1.165) is 22.6 Å². The van der Waals surface area contributed by atoms with Crippen molar-refractivity contribution in [2.45, 2.75) is 39.3 Å². The van der Waals surface area contributed by atoms with Gasteiger partial charge in [-0.05, 0) is 38.0 Å². The lowest BCUT2D eigenvalue weighted by Gasteiger charge is -2.28. The Morgan fingerprint density at radius 1 is 1.28 bits per heavy atom. The molecule has 1 aromatic carbocycles. The van der Waals surface area contributed by atoms with Gasteiger partial charge in [0.15, 0.2) is 5.17 Å². The molecule has 6 heteroatoms. The van der Waals surface area contributed by atoms with Crippen LogP contribution in [0.2, 0.25) is 0 Å². The van der Waals surface area contributed by atoms with Gasteiger partial charge in [0.2, 0.25) is 0 Å². The Morgan fingerprint density at radius 3 is 2.68 bits per heavy atom. The van der Waals surface area contributed by atoms with Gasteiger partial charge in [-0.1, -0.05) is 49.5 Å². The van der Waals surface area contributed by atoms with Gasteiger partial charge in [0.05, 0.1) is 16.5 Å². The average Bonchev–Trinajstić information content (AvgIpc) is 3.06. The molecule has 0 aliphatic carbocycles. The molecule has 0 saturated carbocycles. The normalized spacial score (nSPS) is 21.0. The fourth-order valence-corrected chi connectivity index (χ4v) is 4.71. The van der Waals surface area contributed by atoms with Gasteiger partial charge in [0.1, 0.15) is 0 Å². The van der Waals surface area contributed by atoms with Crippen molar-refractivity contribution in [3.63, 3.8) is 0 Å². The van der Waals surface area contributed by atoms with Crippen LogP contribution >= 0.6 is 23.1 Å². The highest BCUT2D eigenvalue weighted by Gasteiger charge is 2.31. The molecule has 0 spiro atoms. The van der Waals surface area contributed by atoms with Crippen molar-refractivity contribution in [2.24, 2.45) is 10.7 Å². The molecule has 1 aromatic heterocycles. The number of hydrogen-bond acceptors (Lipinski definition) is 5. The van der Waals surface area contributed by atoms with Gasteiger partial charge in [-0.3, -0.25) is 9.79 Å².